The zero-order chi connectivity index (χ0) is 17.8. The van der Waals surface area contributed by atoms with E-state index >= 15 is 0 Å². The maximum atomic E-state index is 12.7. The minimum atomic E-state index is -0.0874. The molecule has 25 heavy (non-hydrogen) atoms. The first-order chi connectivity index (χ1) is 12.1. The van der Waals surface area contributed by atoms with Crippen LogP contribution in [0.15, 0.2) is 41.3 Å². The van der Waals surface area contributed by atoms with Gasteiger partial charge in [0.2, 0.25) is 0 Å². The molecular formula is C18H21N3O2S2. The molecule has 1 aliphatic rings. The van der Waals surface area contributed by atoms with Crippen molar-refractivity contribution in [2.45, 2.75) is 23.8 Å². The van der Waals surface area contributed by atoms with Crippen LogP contribution >= 0.6 is 23.1 Å². The minimum absolute atomic E-state index is 0.0344. The summed E-state index contributed by atoms with van der Waals surface area (Å²) >= 11 is 3.11. The molecule has 0 spiro atoms. The van der Waals surface area contributed by atoms with Crippen molar-refractivity contribution < 1.29 is 9.59 Å². The number of thiophene rings is 1. The first-order valence-corrected chi connectivity index (χ1v) is 10.2. The molecule has 0 bridgehead atoms. The number of urea groups is 1. The molecule has 1 aromatic heterocycles. The highest BCUT2D eigenvalue weighted by Crippen LogP contribution is 2.36. The molecule has 3 rings (SSSR count). The fraction of sp³-hybridized carbons (Fsp3) is 0.333. The zero-order valence-electron chi connectivity index (χ0n) is 14.2. The average Bonchev–Trinajstić information content (AvgIpc) is 3.30. The Balaban J connectivity index is 1.73. The van der Waals surface area contributed by atoms with Crippen LogP contribution < -0.4 is 10.6 Å². The van der Waals surface area contributed by atoms with E-state index in [2.05, 4.69) is 10.6 Å². The molecule has 1 atom stereocenters. The number of hydrogen-bond acceptors (Lipinski definition) is 4. The molecule has 5 nitrogen and oxygen atoms in total. The van der Waals surface area contributed by atoms with Crippen molar-refractivity contribution in [1.82, 2.24) is 10.2 Å². The third kappa shape index (κ3) is 3.99. The Kier molecular flexibility index (Phi) is 5.65. The summed E-state index contributed by atoms with van der Waals surface area (Å²) in [6.45, 7) is 0.728. The largest absolute Gasteiger partial charge is 0.354 e. The van der Waals surface area contributed by atoms with Crippen LogP contribution in [0.3, 0.4) is 0 Å². The summed E-state index contributed by atoms with van der Waals surface area (Å²) in [5.74, 6) is -0.0841. The lowest BCUT2D eigenvalue weighted by Crippen LogP contribution is -2.34. The van der Waals surface area contributed by atoms with Crippen molar-refractivity contribution in [3.8, 4) is 0 Å². The van der Waals surface area contributed by atoms with Crippen molar-refractivity contribution >= 4 is 40.7 Å². The van der Waals surface area contributed by atoms with Crippen LogP contribution in [0, 0.1) is 0 Å². The summed E-state index contributed by atoms with van der Waals surface area (Å²) in [6, 6.07) is 11.6. The molecule has 0 aliphatic carbocycles. The Morgan fingerprint density at radius 2 is 2.12 bits per heavy atom. The Bertz CT molecular complexity index is 775. The SMILES string of the molecule is CNC(=O)c1ccc([C@@H]2CCCN2C(=O)Nc2cccc(SC)c2)s1. The Labute approximate surface area is 155 Å². The second kappa shape index (κ2) is 7.93. The molecule has 1 saturated heterocycles. The van der Waals surface area contributed by atoms with E-state index in [1.54, 1.807) is 18.8 Å². The maximum absolute atomic E-state index is 12.7. The molecule has 2 N–H and O–H groups in total. The second-order valence-corrected chi connectivity index (χ2v) is 7.79. The molecule has 0 saturated carbocycles. The standard InChI is InChI=1S/C18H21N3O2S2/c1-19-17(22)16-9-8-15(25-16)14-7-4-10-21(14)18(23)20-12-5-3-6-13(11-12)24-2/h3,5-6,8-9,11,14H,4,7,10H2,1-2H3,(H,19,22)(H,20,23)/t14-/m0/s1. The number of carbonyl (C=O) groups excluding carboxylic acids is 2. The predicted octanol–water partition coefficient (Wildman–Crippen LogP) is 4.20. The van der Waals surface area contributed by atoms with Crippen LogP contribution in [-0.4, -0.2) is 36.7 Å². The molecule has 1 aromatic carbocycles. The van der Waals surface area contributed by atoms with Crippen LogP contribution in [0.5, 0.6) is 0 Å². The van der Waals surface area contributed by atoms with Crippen LogP contribution in [0.4, 0.5) is 10.5 Å². The summed E-state index contributed by atoms with van der Waals surface area (Å²) < 4.78 is 0. The number of hydrogen-bond donors (Lipinski definition) is 2. The highest BCUT2D eigenvalue weighted by molar-refractivity contribution is 7.98. The quantitative estimate of drug-likeness (QED) is 0.788. The predicted molar refractivity (Wildman–Crippen MR) is 104 cm³/mol. The van der Waals surface area contributed by atoms with Gasteiger partial charge in [0.1, 0.15) is 0 Å². The van der Waals surface area contributed by atoms with Crippen molar-refractivity contribution in [1.29, 1.82) is 0 Å². The second-order valence-electron chi connectivity index (χ2n) is 5.79. The van der Waals surface area contributed by atoms with E-state index in [1.165, 1.54) is 11.3 Å². The molecule has 132 valence electrons. The van der Waals surface area contributed by atoms with Crippen LogP contribution in [0.25, 0.3) is 0 Å². The van der Waals surface area contributed by atoms with E-state index in [4.69, 9.17) is 0 Å². The third-order valence-corrected chi connectivity index (χ3v) is 6.15. The summed E-state index contributed by atoms with van der Waals surface area (Å²) in [6.07, 6.45) is 3.90. The average molecular weight is 376 g/mol. The van der Waals surface area contributed by atoms with E-state index in [-0.39, 0.29) is 18.0 Å². The fourth-order valence-electron chi connectivity index (χ4n) is 2.98. The van der Waals surface area contributed by atoms with Gasteiger partial charge < -0.3 is 15.5 Å². The van der Waals surface area contributed by atoms with Crippen molar-refractivity contribution in [3.05, 3.63) is 46.2 Å². The smallest absolute Gasteiger partial charge is 0.322 e. The number of benzene rings is 1. The van der Waals surface area contributed by atoms with Crippen molar-refractivity contribution in [2.24, 2.45) is 0 Å². The summed E-state index contributed by atoms with van der Waals surface area (Å²) in [7, 11) is 1.62. The lowest BCUT2D eigenvalue weighted by Gasteiger charge is -2.24. The van der Waals surface area contributed by atoms with Crippen LogP contribution in [0.2, 0.25) is 0 Å². The van der Waals surface area contributed by atoms with E-state index in [1.807, 2.05) is 47.6 Å². The third-order valence-electron chi connectivity index (χ3n) is 4.24. The van der Waals surface area contributed by atoms with Crippen molar-refractivity contribution in [3.63, 3.8) is 0 Å². The Hall–Kier alpha value is -1.99. The monoisotopic (exact) mass is 375 g/mol. The number of nitrogens with zero attached hydrogens (tertiary/aromatic N) is 1. The zero-order valence-corrected chi connectivity index (χ0v) is 15.9. The molecule has 1 aliphatic heterocycles. The molecule has 0 radical (unpaired) electrons. The molecule has 2 heterocycles. The number of carbonyl (C=O) groups is 2. The highest BCUT2D eigenvalue weighted by atomic mass is 32.2. The van der Waals surface area contributed by atoms with Gasteiger partial charge in [0, 0.05) is 29.1 Å². The highest BCUT2D eigenvalue weighted by Gasteiger charge is 2.31. The van der Waals surface area contributed by atoms with E-state index in [9.17, 15) is 9.59 Å². The number of nitrogens with one attached hydrogen (secondary N) is 2. The van der Waals surface area contributed by atoms with E-state index < -0.39 is 0 Å². The molecular weight excluding hydrogens is 354 g/mol. The number of thioether (sulfide) groups is 1. The normalized spacial score (nSPS) is 16.7. The maximum Gasteiger partial charge on any atom is 0.322 e. The van der Waals surface area contributed by atoms with E-state index in [0.717, 1.165) is 34.8 Å². The van der Waals surface area contributed by atoms with Gasteiger partial charge in [0.05, 0.1) is 10.9 Å². The number of amides is 3. The van der Waals surface area contributed by atoms with Gasteiger partial charge in [-0.25, -0.2) is 4.79 Å². The van der Waals surface area contributed by atoms with Gasteiger partial charge in [-0.3, -0.25) is 4.79 Å². The van der Waals surface area contributed by atoms with Gasteiger partial charge in [-0.1, -0.05) is 6.07 Å². The molecule has 2 aromatic rings. The van der Waals surface area contributed by atoms with Gasteiger partial charge in [0.15, 0.2) is 0 Å². The topological polar surface area (TPSA) is 61.4 Å². The lowest BCUT2D eigenvalue weighted by molar-refractivity contribution is 0.0967. The first-order valence-electron chi connectivity index (χ1n) is 8.16. The number of anilines is 1. The molecule has 7 heteroatoms. The van der Waals surface area contributed by atoms with Crippen LogP contribution in [-0.2, 0) is 0 Å². The summed E-state index contributed by atoms with van der Waals surface area (Å²) in [5, 5.41) is 5.64. The first kappa shape index (κ1) is 17.8. The van der Waals surface area contributed by atoms with Crippen LogP contribution in [0.1, 0.15) is 33.4 Å². The van der Waals surface area contributed by atoms with Gasteiger partial charge in [-0.05, 0) is 49.4 Å². The van der Waals surface area contributed by atoms with Gasteiger partial charge >= 0.3 is 6.03 Å². The molecule has 0 unspecified atom stereocenters. The Morgan fingerprint density at radius 3 is 2.88 bits per heavy atom. The minimum Gasteiger partial charge on any atom is -0.354 e. The van der Waals surface area contributed by atoms with E-state index in [0.29, 0.717) is 4.88 Å². The summed E-state index contributed by atoms with van der Waals surface area (Å²) in [5.41, 5.74) is 0.805. The summed E-state index contributed by atoms with van der Waals surface area (Å²) in [4.78, 5) is 29.2. The lowest BCUT2D eigenvalue weighted by atomic mass is 10.2. The van der Waals surface area contributed by atoms with Gasteiger partial charge in [0.25, 0.3) is 5.91 Å². The number of likely N-dealkylation sites (tertiary alicyclic amines) is 1. The number of rotatable bonds is 4. The van der Waals surface area contributed by atoms with Gasteiger partial charge in [-0.2, -0.15) is 0 Å². The Morgan fingerprint density at radius 1 is 1.28 bits per heavy atom. The van der Waals surface area contributed by atoms with Gasteiger partial charge in [-0.15, -0.1) is 23.1 Å². The fourth-order valence-corrected chi connectivity index (χ4v) is 4.54. The van der Waals surface area contributed by atoms with Crippen molar-refractivity contribution in [2.75, 3.05) is 25.2 Å². The molecule has 1 fully saturated rings. The molecule has 3 amide bonds.